The van der Waals surface area contributed by atoms with E-state index in [0.717, 1.165) is 22.5 Å². The van der Waals surface area contributed by atoms with Crippen LogP contribution in [0.25, 0.3) is 16.8 Å². The summed E-state index contributed by atoms with van der Waals surface area (Å²) in [5.41, 5.74) is 5.44. The van der Waals surface area contributed by atoms with Crippen LogP contribution in [-0.4, -0.2) is 28.4 Å². The molecule has 0 spiro atoms. The summed E-state index contributed by atoms with van der Waals surface area (Å²) in [7, 11) is 0. The molecule has 0 saturated heterocycles. The summed E-state index contributed by atoms with van der Waals surface area (Å²) >= 11 is 0. The van der Waals surface area contributed by atoms with Crippen molar-refractivity contribution >= 4 is 11.6 Å². The van der Waals surface area contributed by atoms with Gasteiger partial charge in [0, 0.05) is 6.20 Å². The normalized spacial score (nSPS) is 10.8. The number of imidazole rings is 1. The summed E-state index contributed by atoms with van der Waals surface area (Å²) in [6.07, 6.45) is 1.93. The average Bonchev–Trinajstić information content (AvgIpc) is 3.07. The van der Waals surface area contributed by atoms with Crippen LogP contribution in [0.5, 0.6) is 5.75 Å². The SMILES string of the molecule is Cc1ccc2nc(C)c(C(=O)NCCOc3ccc(-c4ccccc4)cc3)n2c1. The van der Waals surface area contributed by atoms with E-state index < -0.39 is 0 Å². The van der Waals surface area contributed by atoms with E-state index in [0.29, 0.717) is 24.5 Å². The standard InChI is InChI=1S/C24H23N3O2/c1-17-8-13-22-26-18(2)23(27(22)16-17)24(28)25-14-15-29-21-11-9-20(10-12-21)19-6-4-3-5-7-19/h3-13,16H,14-15H2,1-2H3,(H,25,28). The van der Waals surface area contributed by atoms with Crippen molar-refractivity contribution < 1.29 is 9.53 Å². The number of ether oxygens (including phenoxy) is 1. The Morgan fingerprint density at radius 3 is 2.45 bits per heavy atom. The lowest BCUT2D eigenvalue weighted by Crippen LogP contribution is -2.29. The molecule has 5 heteroatoms. The van der Waals surface area contributed by atoms with Crippen molar-refractivity contribution in [1.82, 2.24) is 14.7 Å². The first kappa shape index (κ1) is 18.7. The van der Waals surface area contributed by atoms with E-state index in [9.17, 15) is 4.79 Å². The topological polar surface area (TPSA) is 55.6 Å². The van der Waals surface area contributed by atoms with E-state index in [1.165, 1.54) is 5.56 Å². The van der Waals surface area contributed by atoms with E-state index in [4.69, 9.17) is 4.74 Å². The maximum Gasteiger partial charge on any atom is 0.270 e. The molecule has 0 unspecified atom stereocenters. The fourth-order valence-corrected chi connectivity index (χ4v) is 3.33. The van der Waals surface area contributed by atoms with Gasteiger partial charge in [0.1, 0.15) is 23.7 Å². The van der Waals surface area contributed by atoms with E-state index in [1.54, 1.807) is 0 Å². The van der Waals surface area contributed by atoms with Gasteiger partial charge in [-0.05, 0) is 48.7 Å². The first-order valence-corrected chi connectivity index (χ1v) is 9.63. The van der Waals surface area contributed by atoms with Gasteiger partial charge in [0.2, 0.25) is 0 Å². The lowest BCUT2D eigenvalue weighted by molar-refractivity contribution is 0.0940. The summed E-state index contributed by atoms with van der Waals surface area (Å²) in [5, 5.41) is 2.92. The number of benzene rings is 2. The summed E-state index contributed by atoms with van der Waals surface area (Å²) in [4.78, 5) is 17.1. The third-order valence-electron chi connectivity index (χ3n) is 4.77. The smallest absolute Gasteiger partial charge is 0.270 e. The molecule has 0 aliphatic carbocycles. The summed E-state index contributed by atoms with van der Waals surface area (Å²) < 4.78 is 7.60. The van der Waals surface area contributed by atoms with Gasteiger partial charge in [-0.2, -0.15) is 0 Å². The number of hydrogen-bond donors (Lipinski definition) is 1. The highest BCUT2D eigenvalue weighted by molar-refractivity contribution is 5.94. The van der Waals surface area contributed by atoms with E-state index in [2.05, 4.69) is 22.4 Å². The number of aryl methyl sites for hydroxylation is 2. The third kappa shape index (κ3) is 4.14. The maximum absolute atomic E-state index is 12.6. The number of aromatic nitrogens is 2. The van der Waals surface area contributed by atoms with Crippen LogP contribution in [0, 0.1) is 13.8 Å². The Hall–Kier alpha value is -3.60. The number of fused-ring (bicyclic) bond motifs is 1. The summed E-state index contributed by atoms with van der Waals surface area (Å²) in [5.74, 6) is 0.629. The number of carbonyl (C=O) groups is 1. The molecule has 0 atom stereocenters. The molecule has 4 rings (SSSR count). The first-order chi connectivity index (χ1) is 14.1. The van der Waals surface area contributed by atoms with Crippen LogP contribution in [0.15, 0.2) is 72.9 Å². The lowest BCUT2D eigenvalue weighted by atomic mass is 10.1. The number of rotatable bonds is 6. The maximum atomic E-state index is 12.6. The Kier molecular flexibility index (Phi) is 5.29. The molecule has 4 aromatic rings. The Labute approximate surface area is 170 Å². The van der Waals surface area contributed by atoms with Crippen LogP contribution in [-0.2, 0) is 0 Å². The Bertz CT molecular complexity index is 1130. The van der Waals surface area contributed by atoms with Gasteiger partial charge in [-0.25, -0.2) is 4.98 Å². The first-order valence-electron chi connectivity index (χ1n) is 9.63. The highest BCUT2D eigenvalue weighted by Crippen LogP contribution is 2.22. The van der Waals surface area contributed by atoms with Crippen molar-refractivity contribution in [2.75, 3.05) is 13.2 Å². The predicted molar refractivity (Wildman–Crippen MR) is 114 cm³/mol. The van der Waals surface area contributed by atoms with E-state index in [-0.39, 0.29) is 5.91 Å². The monoisotopic (exact) mass is 385 g/mol. The molecule has 0 aliphatic heterocycles. The highest BCUT2D eigenvalue weighted by atomic mass is 16.5. The average molecular weight is 385 g/mol. The van der Waals surface area contributed by atoms with E-state index >= 15 is 0 Å². The summed E-state index contributed by atoms with van der Waals surface area (Å²) in [6.45, 7) is 4.65. The fourth-order valence-electron chi connectivity index (χ4n) is 3.33. The van der Waals surface area contributed by atoms with Crippen LogP contribution in [0.1, 0.15) is 21.7 Å². The van der Waals surface area contributed by atoms with Crippen LogP contribution in [0.4, 0.5) is 0 Å². The number of carbonyl (C=O) groups excluding carboxylic acids is 1. The quantitative estimate of drug-likeness (QED) is 0.500. The molecule has 5 nitrogen and oxygen atoms in total. The molecule has 0 fully saturated rings. The molecule has 146 valence electrons. The largest absolute Gasteiger partial charge is 0.492 e. The van der Waals surface area contributed by atoms with Crippen LogP contribution < -0.4 is 10.1 Å². The molecular formula is C24H23N3O2. The Morgan fingerprint density at radius 2 is 1.69 bits per heavy atom. The number of nitrogens with zero attached hydrogens (tertiary/aromatic N) is 2. The molecule has 0 bridgehead atoms. The Balaban J connectivity index is 1.33. The van der Waals surface area contributed by atoms with Gasteiger partial charge in [0.25, 0.3) is 5.91 Å². The third-order valence-corrected chi connectivity index (χ3v) is 4.77. The minimum absolute atomic E-state index is 0.149. The second kappa shape index (κ2) is 8.19. The lowest BCUT2D eigenvalue weighted by Gasteiger charge is -2.09. The number of nitrogens with one attached hydrogen (secondary N) is 1. The number of hydrogen-bond acceptors (Lipinski definition) is 3. The molecule has 1 amide bonds. The molecule has 29 heavy (non-hydrogen) atoms. The second-order valence-electron chi connectivity index (χ2n) is 6.98. The van der Waals surface area contributed by atoms with Gasteiger partial charge >= 0.3 is 0 Å². The van der Waals surface area contributed by atoms with Crippen molar-refractivity contribution in [3.05, 3.63) is 89.9 Å². The van der Waals surface area contributed by atoms with Gasteiger partial charge in [-0.3, -0.25) is 9.20 Å². The molecule has 0 aliphatic rings. The molecule has 0 saturated carbocycles. The minimum atomic E-state index is -0.149. The van der Waals surface area contributed by atoms with Crippen molar-refractivity contribution in [2.45, 2.75) is 13.8 Å². The van der Waals surface area contributed by atoms with Crippen molar-refractivity contribution in [3.8, 4) is 16.9 Å². The highest BCUT2D eigenvalue weighted by Gasteiger charge is 2.16. The van der Waals surface area contributed by atoms with Crippen LogP contribution >= 0.6 is 0 Å². The second-order valence-corrected chi connectivity index (χ2v) is 6.98. The zero-order valence-corrected chi connectivity index (χ0v) is 16.6. The molecule has 0 radical (unpaired) electrons. The molecular weight excluding hydrogens is 362 g/mol. The van der Waals surface area contributed by atoms with Gasteiger partial charge < -0.3 is 10.1 Å². The number of pyridine rings is 1. The van der Waals surface area contributed by atoms with Crippen LogP contribution in [0.3, 0.4) is 0 Å². The van der Waals surface area contributed by atoms with Gasteiger partial charge in [0.15, 0.2) is 0 Å². The van der Waals surface area contributed by atoms with Crippen molar-refractivity contribution in [3.63, 3.8) is 0 Å². The van der Waals surface area contributed by atoms with Gasteiger partial charge in [-0.15, -0.1) is 0 Å². The van der Waals surface area contributed by atoms with Gasteiger partial charge in [-0.1, -0.05) is 48.5 Å². The summed E-state index contributed by atoms with van der Waals surface area (Å²) in [6, 6.07) is 22.1. The zero-order chi connectivity index (χ0) is 20.2. The molecule has 2 heterocycles. The molecule has 2 aromatic carbocycles. The van der Waals surface area contributed by atoms with Crippen molar-refractivity contribution in [1.29, 1.82) is 0 Å². The predicted octanol–water partition coefficient (Wildman–Crippen LogP) is 4.43. The zero-order valence-electron chi connectivity index (χ0n) is 16.6. The van der Waals surface area contributed by atoms with Crippen LogP contribution in [0.2, 0.25) is 0 Å². The molecule has 1 N–H and O–H groups in total. The molecule has 2 aromatic heterocycles. The number of amides is 1. The van der Waals surface area contributed by atoms with Gasteiger partial charge in [0.05, 0.1) is 12.2 Å². The minimum Gasteiger partial charge on any atom is -0.492 e. The fraction of sp³-hybridized carbons (Fsp3) is 0.167. The Morgan fingerprint density at radius 1 is 0.966 bits per heavy atom. The van der Waals surface area contributed by atoms with Crippen molar-refractivity contribution in [2.24, 2.45) is 0 Å². The van der Waals surface area contributed by atoms with E-state index in [1.807, 2.05) is 79.0 Å².